The topological polar surface area (TPSA) is 88.0 Å². The molecule has 0 aromatic carbocycles. The van der Waals surface area contributed by atoms with Gasteiger partial charge in [-0.2, -0.15) is 0 Å². The van der Waals surface area contributed by atoms with Crippen molar-refractivity contribution in [3.8, 4) is 5.95 Å². The third-order valence-electron chi connectivity index (χ3n) is 6.85. The summed E-state index contributed by atoms with van der Waals surface area (Å²) in [6, 6.07) is 1.65. The number of pyridine rings is 1. The number of carbonyl (C=O) groups is 1. The van der Waals surface area contributed by atoms with Crippen LogP contribution >= 0.6 is 11.6 Å². The fourth-order valence-electron chi connectivity index (χ4n) is 5.16. The van der Waals surface area contributed by atoms with Crippen molar-refractivity contribution in [2.24, 2.45) is 0 Å². The Morgan fingerprint density at radius 1 is 1.15 bits per heavy atom. The fourth-order valence-corrected chi connectivity index (χ4v) is 5.41. The highest BCUT2D eigenvalue weighted by Crippen LogP contribution is 2.34. The summed E-state index contributed by atoms with van der Waals surface area (Å²) in [5.41, 5.74) is 0.840. The molecule has 0 atom stereocenters. The molecule has 4 heterocycles. The highest BCUT2D eigenvalue weighted by Gasteiger charge is 2.38. The number of aromatic nitrogens is 4. The van der Waals surface area contributed by atoms with E-state index < -0.39 is 5.82 Å². The van der Waals surface area contributed by atoms with Crippen molar-refractivity contribution in [1.29, 1.82) is 0 Å². The molecule has 8 nitrogen and oxygen atoms in total. The molecule has 0 spiro atoms. The molecular formula is C23H27ClFN7O. The molecule has 1 aliphatic carbocycles. The molecule has 2 N–H and O–H groups in total. The van der Waals surface area contributed by atoms with Crippen LogP contribution in [0.15, 0.2) is 30.9 Å². The number of amides is 1. The van der Waals surface area contributed by atoms with Crippen molar-refractivity contribution in [2.75, 3.05) is 32.7 Å². The number of rotatable bonds is 5. The van der Waals surface area contributed by atoms with Gasteiger partial charge in [0.25, 0.3) is 5.91 Å². The van der Waals surface area contributed by atoms with Gasteiger partial charge < -0.3 is 10.6 Å². The lowest BCUT2D eigenvalue weighted by Crippen LogP contribution is -2.61. The molecule has 10 heteroatoms. The maximum absolute atomic E-state index is 13.4. The van der Waals surface area contributed by atoms with E-state index in [1.54, 1.807) is 23.0 Å². The molecule has 2 aliphatic rings. The highest BCUT2D eigenvalue weighted by atomic mass is 35.5. The van der Waals surface area contributed by atoms with Crippen LogP contribution in [0.4, 0.5) is 4.39 Å². The smallest absolute Gasteiger partial charge is 0.253 e. The summed E-state index contributed by atoms with van der Waals surface area (Å²) in [6.07, 6.45) is 11.1. The normalized spacial score (nSPS) is 19.0. The summed E-state index contributed by atoms with van der Waals surface area (Å²) < 4.78 is 14.9. The third-order valence-corrected chi connectivity index (χ3v) is 7.17. The van der Waals surface area contributed by atoms with Crippen LogP contribution in [-0.4, -0.2) is 68.6 Å². The summed E-state index contributed by atoms with van der Waals surface area (Å²) in [5.74, 6) is -0.527. The second kappa shape index (κ2) is 9.32. The Balaban J connectivity index is 1.45. The summed E-state index contributed by atoms with van der Waals surface area (Å²) in [5, 5.41) is 7.57. The predicted octanol–water partition coefficient (Wildman–Crippen LogP) is 2.95. The monoisotopic (exact) mass is 471 g/mol. The van der Waals surface area contributed by atoms with Crippen molar-refractivity contribution >= 4 is 28.5 Å². The molecule has 5 rings (SSSR count). The van der Waals surface area contributed by atoms with Crippen molar-refractivity contribution in [3.05, 3.63) is 47.3 Å². The Bertz CT molecular complexity index is 1140. The van der Waals surface area contributed by atoms with Gasteiger partial charge in [0.05, 0.1) is 28.4 Å². The molecular weight excluding hydrogens is 445 g/mol. The Morgan fingerprint density at radius 2 is 1.88 bits per heavy atom. The molecule has 3 aromatic rings. The van der Waals surface area contributed by atoms with Gasteiger partial charge in [0.2, 0.25) is 5.95 Å². The first-order valence-corrected chi connectivity index (χ1v) is 11.8. The van der Waals surface area contributed by atoms with Gasteiger partial charge in [-0.25, -0.2) is 19.3 Å². The van der Waals surface area contributed by atoms with Crippen LogP contribution in [-0.2, 0) is 0 Å². The number of nitrogens with zero attached hydrogens (tertiary/aromatic N) is 5. The van der Waals surface area contributed by atoms with Crippen LogP contribution in [0.25, 0.3) is 17.0 Å². The average Bonchev–Trinajstić information content (AvgIpc) is 3.25. The lowest BCUT2D eigenvalue weighted by atomic mass is 9.79. The van der Waals surface area contributed by atoms with Gasteiger partial charge in [-0.1, -0.05) is 30.9 Å². The Hall–Kier alpha value is -2.62. The van der Waals surface area contributed by atoms with Crippen LogP contribution < -0.4 is 10.6 Å². The quantitative estimate of drug-likeness (QED) is 0.595. The molecule has 2 fully saturated rings. The average molecular weight is 472 g/mol. The van der Waals surface area contributed by atoms with E-state index >= 15 is 0 Å². The first kappa shape index (κ1) is 22.2. The van der Waals surface area contributed by atoms with Crippen LogP contribution in [0.3, 0.4) is 0 Å². The maximum atomic E-state index is 13.4. The highest BCUT2D eigenvalue weighted by molar-refractivity contribution is 6.36. The standard InChI is InChI=1S/C23H27ClFN7O/c24-18-4-7-27-20-19(18)17(14-32(20)22-28-12-16(25)13-29-22)21(33)30-15-23(5-2-1-3-6-23)31-10-8-26-9-11-31/h4,7,12-14,26H,1-3,5-6,8-11,15H2,(H,30,33). The maximum Gasteiger partial charge on any atom is 0.253 e. The van der Waals surface area contributed by atoms with Crippen molar-refractivity contribution in [1.82, 2.24) is 35.1 Å². The van der Waals surface area contributed by atoms with Gasteiger partial charge in [-0.3, -0.25) is 14.3 Å². The van der Waals surface area contributed by atoms with Gasteiger partial charge in [0.1, 0.15) is 5.65 Å². The Kier molecular flexibility index (Phi) is 6.27. The van der Waals surface area contributed by atoms with Crippen LogP contribution in [0, 0.1) is 5.82 Å². The largest absolute Gasteiger partial charge is 0.350 e. The van der Waals surface area contributed by atoms with E-state index in [2.05, 4.69) is 30.5 Å². The molecule has 33 heavy (non-hydrogen) atoms. The number of fused-ring (bicyclic) bond motifs is 1. The molecule has 3 aromatic heterocycles. The van der Waals surface area contributed by atoms with E-state index in [1.165, 1.54) is 19.3 Å². The Morgan fingerprint density at radius 3 is 2.61 bits per heavy atom. The van der Waals surface area contributed by atoms with Crippen LogP contribution in [0.2, 0.25) is 5.02 Å². The molecule has 1 saturated heterocycles. The number of hydrogen-bond acceptors (Lipinski definition) is 6. The molecule has 1 saturated carbocycles. The van der Waals surface area contributed by atoms with Crippen LogP contribution in [0.5, 0.6) is 0 Å². The van der Waals surface area contributed by atoms with Crippen molar-refractivity contribution < 1.29 is 9.18 Å². The summed E-state index contributed by atoms with van der Waals surface area (Å²) in [4.78, 5) is 28.5. The molecule has 1 aliphatic heterocycles. The van der Waals surface area contributed by atoms with Gasteiger partial charge >= 0.3 is 0 Å². The fraction of sp³-hybridized carbons (Fsp3) is 0.478. The van der Waals surface area contributed by atoms with Crippen molar-refractivity contribution in [2.45, 2.75) is 37.6 Å². The van der Waals surface area contributed by atoms with E-state index in [-0.39, 0.29) is 17.4 Å². The number of piperazine rings is 1. The van der Waals surface area contributed by atoms with E-state index in [0.29, 0.717) is 28.2 Å². The third kappa shape index (κ3) is 4.32. The van der Waals surface area contributed by atoms with E-state index in [4.69, 9.17) is 11.6 Å². The second-order valence-electron chi connectivity index (χ2n) is 8.81. The number of carbonyl (C=O) groups excluding carboxylic acids is 1. The molecule has 1 amide bonds. The predicted molar refractivity (Wildman–Crippen MR) is 124 cm³/mol. The second-order valence-corrected chi connectivity index (χ2v) is 9.22. The van der Waals surface area contributed by atoms with Gasteiger partial charge in [0.15, 0.2) is 5.82 Å². The van der Waals surface area contributed by atoms with Crippen LogP contribution in [0.1, 0.15) is 42.5 Å². The summed E-state index contributed by atoms with van der Waals surface area (Å²) in [6.45, 7) is 4.52. The minimum atomic E-state index is -0.537. The summed E-state index contributed by atoms with van der Waals surface area (Å²) >= 11 is 6.48. The SMILES string of the molecule is O=C(NCC1(N2CCNCC2)CCCCC1)c1cn(-c2ncc(F)cn2)c2nccc(Cl)c12. The molecule has 0 bridgehead atoms. The summed E-state index contributed by atoms with van der Waals surface area (Å²) in [7, 11) is 0. The van der Waals surface area contributed by atoms with Gasteiger partial charge in [0, 0.05) is 50.7 Å². The molecule has 0 radical (unpaired) electrons. The number of halogens is 2. The number of nitrogens with one attached hydrogen (secondary N) is 2. The van der Waals surface area contributed by atoms with Gasteiger partial charge in [-0.15, -0.1) is 0 Å². The minimum absolute atomic E-state index is 0.0174. The number of hydrogen-bond donors (Lipinski definition) is 2. The lowest BCUT2D eigenvalue weighted by molar-refractivity contribution is 0.0379. The van der Waals surface area contributed by atoms with E-state index in [9.17, 15) is 9.18 Å². The zero-order chi connectivity index (χ0) is 22.8. The molecule has 0 unspecified atom stereocenters. The zero-order valence-electron chi connectivity index (χ0n) is 18.4. The first-order chi connectivity index (χ1) is 16.1. The zero-order valence-corrected chi connectivity index (χ0v) is 19.1. The molecule has 174 valence electrons. The Labute approximate surface area is 196 Å². The van der Waals surface area contributed by atoms with E-state index in [0.717, 1.165) is 51.4 Å². The van der Waals surface area contributed by atoms with Crippen molar-refractivity contribution in [3.63, 3.8) is 0 Å². The van der Waals surface area contributed by atoms with Gasteiger partial charge in [-0.05, 0) is 18.9 Å². The van der Waals surface area contributed by atoms with E-state index in [1.807, 2.05) is 0 Å². The first-order valence-electron chi connectivity index (χ1n) is 11.4. The minimum Gasteiger partial charge on any atom is -0.350 e. The lowest BCUT2D eigenvalue weighted by Gasteiger charge is -2.48.